The molecule has 0 aliphatic carbocycles. The van der Waals surface area contributed by atoms with Gasteiger partial charge in [-0.1, -0.05) is 25.6 Å². The summed E-state index contributed by atoms with van der Waals surface area (Å²) in [6, 6.07) is 1.93. The SMILES string of the molecule is COc1cc(CC[C@@H](O)C#C[Si](C)(C)C)c(I)c(OC)c1OC. The topological polar surface area (TPSA) is 47.9 Å². The second-order valence-corrected chi connectivity index (χ2v) is 12.0. The lowest BCUT2D eigenvalue weighted by Gasteiger charge is -2.17. The van der Waals surface area contributed by atoms with E-state index in [1.54, 1.807) is 21.3 Å². The van der Waals surface area contributed by atoms with Crippen LogP contribution in [-0.4, -0.2) is 40.6 Å². The number of ether oxygens (including phenoxy) is 3. The lowest BCUT2D eigenvalue weighted by atomic mass is 10.1. The van der Waals surface area contributed by atoms with Crippen molar-refractivity contribution in [3.05, 3.63) is 15.2 Å². The van der Waals surface area contributed by atoms with Gasteiger partial charge in [0, 0.05) is 0 Å². The Morgan fingerprint density at radius 1 is 1.13 bits per heavy atom. The molecule has 0 heterocycles. The van der Waals surface area contributed by atoms with Crippen molar-refractivity contribution in [3.63, 3.8) is 0 Å². The lowest BCUT2D eigenvalue weighted by molar-refractivity contribution is 0.222. The maximum Gasteiger partial charge on any atom is 0.204 e. The molecule has 0 amide bonds. The van der Waals surface area contributed by atoms with Crippen LogP contribution in [0.15, 0.2) is 6.07 Å². The predicted molar refractivity (Wildman–Crippen MR) is 104 cm³/mol. The number of hydrogen-bond donors (Lipinski definition) is 1. The number of halogens is 1. The summed E-state index contributed by atoms with van der Waals surface area (Å²) in [5.41, 5.74) is 4.25. The van der Waals surface area contributed by atoms with Gasteiger partial charge in [0.1, 0.15) is 14.2 Å². The van der Waals surface area contributed by atoms with Crippen molar-refractivity contribution in [2.24, 2.45) is 0 Å². The van der Waals surface area contributed by atoms with E-state index in [1.807, 2.05) is 6.07 Å². The van der Waals surface area contributed by atoms with Gasteiger partial charge >= 0.3 is 0 Å². The van der Waals surface area contributed by atoms with Gasteiger partial charge in [0.05, 0.1) is 24.9 Å². The zero-order chi connectivity index (χ0) is 17.6. The van der Waals surface area contributed by atoms with E-state index in [9.17, 15) is 5.11 Å². The quantitative estimate of drug-likeness (QED) is 0.411. The van der Waals surface area contributed by atoms with Crippen molar-refractivity contribution >= 4 is 30.7 Å². The zero-order valence-corrected chi connectivity index (χ0v) is 17.8. The summed E-state index contributed by atoms with van der Waals surface area (Å²) in [6.45, 7) is 6.48. The minimum atomic E-state index is -1.46. The number of rotatable bonds is 6. The zero-order valence-electron chi connectivity index (χ0n) is 14.6. The van der Waals surface area contributed by atoms with Crippen LogP contribution in [0.2, 0.25) is 19.6 Å². The number of aliphatic hydroxyl groups is 1. The minimum Gasteiger partial charge on any atom is -0.493 e. The van der Waals surface area contributed by atoms with Crippen molar-refractivity contribution in [2.45, 2.75) is 38.6 Å². The van der Waals surface area contributed by atoms with Gasteiger partial charge in [-0.15, -0.1) is 5.54 Å². The Labute approximate surface area is 153 Å². The van der Waals surface area contributed by atoms with E-state index in [0.717, 1.165) is 9.13 Å². The van der Waals surface area contributed by atoms with Crippen LogP contribution < -0.4 is 14.2 Å². The molecule has 1 N–H and O–H groups in total. The molecular weight excluding hydrogens is 423 g/mol. The molecule has 4 nitrogen and oxygen atoms in total. The smallest absolute Gasteiger partial charge is 0.204 e. The van der Waals surface area contributed by atoms with E-state index in [1.165, 1.54) is 0 Å². The first-order valence-electron chi connectivity index (χ1n) is 7.41. The highest BCUT2D eigenvalue weighted by Gasteiger charge is 2.19. The van der Waals surface area contributed by atoms with E-state index in [-0.39, 0.29) is 0 Å². The van der Waals surface area contributed by atoms with Gasteiger partial charge in [-0.2, -0.15) is 0 Å². The first kappa shape index (κ1) is 20.1. The third-order valence-electron chi connectivity index (χ3n) is 3.15. The third kappa shape index (κ3) is 5.90. The monoisotopic (exact) mass is 448 g/mol. The molecule has 0 radical (unpaired) electrons. The fourth-order valence-corrected chi connectivity index (χ4v) is 3.51. The van der Waals surface area contributed by atoms with Gasteiger partial charge in [0.25, 0.3) is 0 Å². The molecule has 0 saturated carbocycles. The Bertz CT molecular complexity index is 599. The lowest BCUT2D eigenvalue weighted by Crippen LogP contribution is -2.18. The molecule has 1 atom stereocenters. The summed E-state index contributed by atoms with van der Waals surface area (Å²) in [6.07, 6.45) is 0.652. The fraction of sp³-hybridized carbons (Fsp3) is 0.529. The maximum absolute atomic E-state index is 10.1. The normalized spacial score (nSPS) is 12.2. The van der Waals surface area contributed by atoms with Crippen LogP contribution in [-0.2, 0) is 6.42 Å². The first-order valence-corrected chi connectivity index (χ1v) is 12.0. The largest absolute Gasteiger partial charge is 0.493 e. The van der Waals surface area contributed by atoms with Crippen LogP contribution in [0.1, 0.15) is 12.0 Å². The Morgan fingerprint density at radius 2 is 1.74 bits per heavy atom. The summed E-state index contributed by atoms with van der Waals surface area (Å²) in [5.74, 6) is 4.84. The maximum atomic E-state index is 10.1. The van der Waals surface area contributed by atoms with E-state index in [2.05, 4.69) is 53.7 Å². The average Bonchev–Trinajstić information content (AvgIpc) is 2.50. The van der Waals surface area contributed by atoms with E-state index < -0.39 is 14.2 Å². The van der Waals surface area contributed by atoms with Gasteiger partial charge in [-0.3, -0.25) is 0 Å². The van der Waals surface area contributed by atoms with Crippen molar-refractivity contribution < 1.29 is 19.3 Å². The van der Waals surface area contributed by atoms with Crippen molar-refractivity contribution in [1.29, 1.82) is 0 Å². The standard InChI is InChI=1S/C17H25IO4Si/c1-20-14-11-12(15(18)17(22-3)16(14)21-2)7-8-13(19)9-10-23(4,5)6/h11,13,19H,7-8H2,1-6H3/t13-/m1/s1. The molecule has 1 aromatic rings. The molecule has 23 heavy (non-hydrogen) atoms. The van der Waals surface area contributed by atoms with Crippen LogP contribution in [0.3, 0.4) is 0 Å². The molecule has 0 unspecified atom stereocenters. The molecule has 0 aromatic heterocycles. The summed E-state index contributed by atoms with van der Waals surface area (Å²) >= 11 is 2.23. The van der Waals surface area contributed by atoms with E-state index >= 15 is 0 Å². The Balaban J connectivity index is 2.98. The summed E-state index contributed by atoms with van der Waals surface area (Å²) < 4.78 is 17.2. The summed E-state index contributed by atoms with van der Waals surface area (Å²) in [4.78, 5) is 0. The van der Waals surface area contributed by atoms with Crippen LogP contribution >= 0.6 is 22.6 Å². The van der Waals surface area contributed by atoms with Gasteiger partial charge in [0.2, 0.25) is 5.75 Å². The number of benzene rings is 1. The number of hydrogen-bond acceptors (Lipinski definition) is 4. The van der Waals surface area contributed by atoms with Crippen LogP contribution in [0.5, 0.6) is 17.2 Å². The molecule has 1 rings (SSSR count). The molecule has 0 spiro atoms. The van der Waals surface area contributed by atoms with Crippen LogP contribution in [0, 0.1) is 15.0 Å². The molecular formula is C17H25IO4Si. The molecule has 0 aliphatic rings. The molecule has 1 aromatic carbocycles. The Hall–Kier alpha value is -0.913. The highest BCUT2D eigenvalue weighted by molar-refractivity contribution is 14.1. The molecule has 128 valence electrons. The van der Waals surface area contributed by atoms with E-state index in [0.29, 0.717) is 30.1 Å². The molecule has 0 fully saturated rings. The van der Waals surface area contributed by atoms with E-state index in [4.69, 9.17) is 14.2 Å². The second kappa shape index (κ2) is 8.80. The number of aryl methyl sites for hydroxylation is 1. The van der Waals surface area contributed by atoms with Gasteiger partial charge in [-0.25, -0.2) is 0 Å². The minimum absolute atomic E-state index is 0.576. The molecule has 0 saturated heterocycles. The van der Waals surface area contributed by atoms with Crippen LogP contribution in [0.25, 0.3) is 0 Å². The van der Waals surface area contributed by atoms with Gasteiger partial charge < -0.3 is 19.3 Å². The second-order valence-electron chi connectivity index (χ2n) is 6.19. The van der Waals surface area contributed by atoms with Gasteiger partial charge in [-0.05, 0) is 47.1 Å². The Kier molecular flexibility index (Phi) is 7.71. The number of methoxy groups -OCH3 is 3. The predicted octanol–water partition coefficient (Wildman–Crippen LogP) is 3.49. The summed E-state index contributed by atoms with van der Waals surface area (Å²) in [7, 11) is 3.34. The van der Waals surface area contributed by atoms with Gasteiger partial charge in [0.15, 0.2) is 11.5 Å². The first-order chi connectivity index (χ1) is 10.7. The van der Waals surface area contributed by atoms with Crippen molar-refractivity contribution in [2.75, 3.05) is 21.3 Å². The Morgan fingerprint density at radius 3 is 2.22 bits per heavy atom. The highest BCUT2D eigenvalue weighted by atomic mass is 127. The molecule has 0 bridgehead atoms. The highest BCUT2D eigenvalue weighted by Crippen LogP contribution is 2.42. The van der Waals surface area contributed by atoms with Crippen molar-refractivity contribution in [1.82, 2.24) is 0 Å². The number of aliphatic hydroxyl groups excluding tert-OH is 1. The molecule has 6 heteroatoms. The van der Waals surface area contributed by atoms with Crippen molar-refractivity contribution in [3.8, 4) is 28.7 Å². The summed E-state index contributed by atoms with van der Waals surface area (Å²) in [5, 5.41) is 10.1. The fourth-order valence-electron chi connectivity index (χ4n) is 2.02. The third-order valence-corrected chi connectivity index (χ3v) is 5.22. The average molecular weight is 448 g/mol. The molecule has 0 aliphatic heterocycles. The van der Waals surface area contributed by atoms with Crippen LogP contribution in [0.4, 0.5) is 0 Å².